The number of benzene rings is 2. The number of halogens is 2. The molecule has 0 spiro atoms. The summed E-state index contributed by atoms with van der Waals surface area (Å²) >= 11 is 1.03. The number of carbonyl (C=O) groups is 2. The fourth-order valence-electron chi connectivity index (χ4n) is 3.18. The summed E-state index contributed by atoms with van der Waals surface area (Å²) in [7, 11) is 0. The van der Waals surface area contributed by atoms with Crippen molar-refractivity contribution in [1.29, 1.82) is 0 Å². The third-order valence-electron chi connectivity index (χ3n) is 4.79. The SMILES string of the molecule is CCCOC(=O)N(Cc1c(F)cccc1F)c1sc(-c2ccc(N)cc2)c(C)c1C(=O)O. The van der Waals surface area contributed by atoms with Gasteiger partial charge < -0.3 is 15.6 Å². The van der Waals surface area contributed by atoms with Crippen LogP contribution in [-0.4, -0.2) is 23.8 Å². The molecule has 2 aromatic carbocycles. The number of carbonyl (C=O) groups excluding carboxylic acids is 1. The smallest absolute Gasteiger partial charge is 0.415 e. The number of ether oxygens (including phenoxy) is 1. The van der Waals surface area contributed by atoms with Gasteiger partial charge in [-0.2, -0.15) is 0 Å². The molecule has 0 aliphatic heterocycles. The van der Waals surface area contributed by atoms with Crippen LogP contribution < -0.4 is 10.6 Å². The van der Waals surface area contributed by atoms with E-state index in [4.69, 9.17) is 10.5 Å². The van der Waals surface area contributed by atoms with Crippen molar-refractivity contribution >= 4 is 34.1 Å². The average molecular weight is 461 g/mol. The van der Waals surface area contributed by atoms with Gasteiger partial charge >= 0.3 is 12.1 Å². The van der Waals surface area contributed by atoms with Crippen molar-refractivity contribution in [1.82, 2.24) is 0 Å². The van der Waals surface area contributed by atoms with Crippen LogP contribution in [0.1, 0.15) is 34.8 Å². The molecule has 0 aliphatic carbocycles. The number of nitrogens with two attached hydrogens (primary N) is 1. The number of amides is 1. The first-order chi connectivity index (χ1) is 15.2. The molecule has 32 heavy (non-hydrogen) atoms. The number of thiophene rings is 1. The molecule has 3 rings (SSSR count). The Hall–Kier alpha value is -3.46. The molecule has 168 valence electrons. The molecule has 0 aliphatic rings. The molecule has 3 N–H and O–H groups in total. The van der Waals surface area contributed by atoms with Gasteiger partial charge in [-0.25, -0.2) is 18.4 Å². The molecule has 6 nitrogen and oxygen atoms in total. The molecule has 0 atom stereocenters. The third kappa shape index (κ3) is 4.72. The predicted molar refractivity (Wildman–Crippen MR) is 120 cm³/mol. The van der Waals surface area contributed by atoms with E-state index in [1.807, 2.05) is 0 Å². The molecule has 0 saturated carbocycles. The molecule has 0 unspecified atom stereocenters. The van der Waals surface area contributed by atoms with E-state index in [9.17, 15) is 23.5 Å². The topological polar surface area (TPSA) is 92.9 Å². The lowest BCUT2D eigenvalue weighted by atomic mass is 10.1. The Bertz CT molecular complexity index is 1130. The van der Waals surface area contributed by atoms with Crippen molar-refractivity contribution in [3.63, 3.8) is 0 Å². The number of carboxylic acid groups (broad SMARTS) is 1. The van der Waals surface area contributed by atoms with Crippen LogP contribution in [0.5, 0.6) is 0 Å². The van der Waals surface area contributed by atoms with Gasteiger partial charge in [0.2, 0.25) is 0 Å². The number of carboxylic acids is 1. The summed E-state index contributed by atoms with van der Waals surface area (Å²) in [6.45, 7) is 2.97. The Morgan fingerprint density at radius 2 is 1.75 bits per heavy atom. The zero-order valence-electron chi connectivity index (χ0n) is 17.5. The van der Waals surface area contributed by atoms with Crippen molar-refractivity contribution in [2.45, 2.75) is 26.8 Å². The minimum absolute atomic E-state index is 0.0329. The Labute approximate surface area is 187 Å². The lowest BCUT2D eigenvalue weighted by Gasteiger charge is -2.22. The molecule has 0 fully saturated rings. The summed E-state index contributed by atoms with van der Waals surface area (Å²) in [4.78, 5) is 26.6. The first-order valence-corrected chi connectivity index (χ1v) is 10.7. The van der Waals surface area contributed by atoms with E-state index in [0.717, 1.165) is 28.4 Å². The van der Waals surface area contributed by atoms with Crippen molar-refractivity contribution in [3.05, 3.63) is 70.8 Å². The fourth-order valence-corrected chi connectivity index (χ4v) is 4.47. The zero-order valence-corrected chi connectivity index (χ0v) is 18.3. The Balaban J connectivity index is 2.16. The lowest BCUT2D eigenvalue weighted by molar-refractivity contribution is 0.0697. The van der Waals surface area contributed by atoms with Gasteiger partial charge in [0.1, 0.15) is 16.6 Å². The van der Waals surface area contributed by atoms with E-state index >= 15 is 0 Å². The maximum absolute atomic E-state index is 14.3. The van der Waals surface area contributed by atoms with Crippen LogP contribution in [0, 0.1) is 18.6 Å². The highest BCUT2D eigenvalue weighted by molar-refractivity contribution is 7.20. The quantitative estimate of drug-likeness (QED) is 0.433. The van der Waals surface area contributed by atoms with Crippen LogP contribution in [0.4, 0.5) is 24.3 Å². The summed E-state index contributed by atoms with van der Waals surface area (Å²) in [6, 6.07) is 10.2. The maximum Gasteiger partial charge on any atom is 0.415 e. The van der Waals surface area contributed by atoms with Crippen LogP contribution in [0.2, 0.25) is 0 Å². The average Bonchev–Trinajstić information content (AvgIpc) is 3.09. The van der Waals surface area contributed by atoms with E-state index in [-0.39, 0.29) is 22.7 Å². The van der Waals surface area contributed by atoms with Gasteiger partial charge in [0.15, 0.2) is 0 Å². The first kappa shape index (κ1) is 23.2. The molecule has 1 aromatic heterocycles. The molecule has 1 heterocycles. The molecular formula is C23H22F2N2O4S. The van der Waals surface area contributed by atoms with Crippen LogP contribution in [0.3, 0.4) is 0 Å². The maximum atomic E-state index is 14.3. The lowest BCUT2D eigenvalue weighted by Crippen LogP contribution is -2.32. The van der Waals surface area contributed by atoms with Gasteiger partial charge in [-0.05, 0) is 48.7 Å². The highest BCUT2D eigenvalue weighted by Gasteiger charge is 2.30. The van der Waals surface area contributed by atoms with Crippen LogP contribution >= 0.6 is 11.3 Å². The number of anilines is 2. The largest absolute Gasteiger partial charge is 0.478 e. The molecule has 9 heteroatoms. The minimum Gasteiger partial charge on any atom is -0.478 e. The summed E-state index contributed by atoms with van der Waals surface area (Å²) in [5.41, 5.74) is 6.91. The standard InChI is InChI=1S/C23H22F2N2O4S/c1-3-11-31-23(30)27(12-16-17(24)5-4-6-18(16)25)21-19(22(28)29)13(2)20(32-21)14-7-9-15(26)10-8-14/h4-10H,3,11-12,26H2,1-2H3,(H,28,29). The molecule has 1 amide bonds. The van der Waals surface area contributed by atoms with E-state index in [1.54, 1.807) is 38.1 Å². The minimum atomic E-state index is -1.27. The van der Waals surface area contributed by atoms with Crippen molar-refractivity contribution in [3.8, 4) is 10.4 Å². The summed E-state index contributed by atoms with van der Waals surface area (Å²) in [6.07, 6.45) is -0.360. The number of rotatable bonds is 7. The van der Waals surface area contributed by atoms with Crippen LogP contribution in [0.15, 0.2) is 42.5 Å². The normalized spacial score (nSPS) is 10.8. The number of nitrogens with zero attached hydrogens (tertiary/aromatic N) is 1. The van der Waals surface area contributed by atoms with Gasteiger partial charge in [0, 0.05) is 16.1 Å². The van der Waals surface area contributed by atoms with Crippen LogP contribution in [-0.2, 0) is 11.3 Å². The van der Waals surface area contributed by atoms with Crippen LogP contribution in [0.25, 0.3) is 10.4 Å². The highest BCUT2D eigenvalue weighted by Crippen LogP contribution is 2.43. The number of nitrogen functional groups attached to an aromatic ring is 1. The zero-order chi connectivity index (χ0) is 23.4. The Morgan fingerprint density at radius 1 is 1.12 bits per heavy atom. The molecule has 0 bridgehead atoms. The van der Waals surface area contributed by atoms with Gasteiger partial charge in [-0.1, -0.05) is 25.1 Å². The molecule has 0 saturated heterocycles. The monoisotopic (exact) mass is 460 g/mol. The van der Waals surface area contributed by atoms with Gasteiger partial charge in [-0.3, -0.25) is 4.90 Å². The van der Waals surface area contributed by atoms with E-state index in [2.05, 4.69) is 0 Å². The molecule has 3 aromatic rings. The highest BCUT2D eigenvalue weighted by atomic mass is 32.1. The number of hydrogen-bond donors (Lipinski definition) is 2. The summed E-state index contributed by atoms with van der Waals surface area (Å²) < 4.78 is 33.9. The third-order valence-corrected chi connectivity index (χ3v) is 6.15. The van der Waals surface area contributed by atoms with Crippen molar-refractivity contribution in [2.24, 2.45) is 0 Å². The number of aromatic carboxylic acids is 1. The Morgan fingerprint density at radius 3 is 2.31 bits per heavy atom. The van der Waals surface area contributed by atoms with Crippen molar-refractivity contribution < 1.29 is 28.2 Å². The second-order valence-corrected chi connectivity index (χ2v) is 8.06. The Kier molecular flexibility index (Phi) is 7.09. The second kappa shape index (κ2) is 9.78. The second-order valence-electron chi connectivity index (χ2n) is 7.06. The van der Waals surface area contributed by atoms with Gasteiger partial charge in [0.05, 0.1) is 18.7 Å². The van der Waals surface area contributed by atoms with E-state index in [0.29, 0.717) is 28.1 Å². The predicted octanol–water partition coefficient (Wildman–Crippen LogP) is 5.84. The summed E-state index contributed by atoms with van der Waals surface area (Å²) in [5.74, 6) is -2.96. The first-order valence-electron chi connectivity index (χ1n) is 9.84. The molecule has 0 radical (unpaired) electrons. The van der Waals surface area contributed by atoms with Gasteiger partial charge in [0.25, 0.3) is 0 Å². The van der Waals surface area contributed by atoms with E-state index in [1.165, 1.54) is 6.07 Å². The van der Waals surface area contributed by atoms with E-state index < -0.39 is 30.2 Å². The fraction of sp³-hybridized carbons (Fsp3) is 0.217. The number of hydrogen-bond acceptors (Lipinski definition) is 5. The summed E-state index contributed by atoms with van der Waals surface area (Å²) in [5, 5.41) is 9.93. The van der Waals surface area contributed by atoms with Crippen molar-refractivity contribution in [2.75, 3.05) is 17.2 Å². The molecular weight excluding hydrogens is 438 g/mol. The van der Waals surface area contributed by atoms with Gasteiger partial charge in [-0.15, -0.1) is 11.3 Å².